The van der Waals surface area contributed by atoms with E-state index in [1.54, 1.807) is 22.7 Å². The molecule has 0 spiro atoms. The molecule has 27 heavy (non-hydrogen) atoms. The first kappa shape index (κ1) is 16.2. The van der Waals surface area contributed by atoms with Crippen LogP contribution in [0.3, 0.4) is 0 Å². The molecule has 2 atom stereocenters. The van der Waals surface area contributed by atoms with Gasteiger partial charge in [0.15, 0.2) is 17.3 Å². The fourth-order valence-electron chi connectivity index (χ4n) is 4.17. The van der Waals surface area contributed by atoms with Crippen molar-refractivity contribution < 1.29 is 9.18 Å². The van der Waals surface area contributed by atoms with Crippen LogP contribution in [0.5, 0.6) is 0 Å². The molecule has 8 heteroatoms. The Labute approximate surface area is 155 Å². The third-order valence-corrected chi connectivity index (χ3v) is 5.45. The Kier molecular flexibility index (Phi) is 3.77. The van der Waals surface area contributed by atoms with E-state index in [-0.39, 0.29) is 30.4 Å². The minimum Gasteiger partial charge on any atom is -0.350 e. The van der Waals surface area contributed by atoms with Crippen LogP contribution in [0, 0.1) is 5.82 Å². The molecule has 2 aliphatic rings. The van der Waals surface area contributed by atoms with Gasteiger partial charge in [0.2, 0.25) is 5.91 Å². The van der Waals surface area contributed by atoms with Gasteiger partial charge in [0, 0.05) is 6.04 Å². The van der Waals surface area contributed by atoms with Gasteiger partial charge in [0.05, 0.1) is 18.2 Å². The third-order valence-electron chi connectivity index (χ3n) is 5.45. The molecule has 2 unspecified atom stereocenters. The number of benzene rings is 1. The largest absolute Gasteiger partial charge is 0.350 e. The van der Waals surface area contributed by atoms with Crippen LogP contribution < -0.4 is 10.2 Å². The lowest BCUT2D eigenvalue weighted by Gasteiger charge is -2.44. The highest BCUT2D eigenvalue weighted by atomic mass is 19.1. The summed E-state index contributed by atoms with van der Waals surface area (Å²) in [5, 5.41) is 16.0. The highest BCUT2D eigenvalue weighted by Crippen LogP contribution is 2.29. The summed E-state index contributed by atoms with van der Waals surface area (Å²) < 4.78 is 15.8. The molecule has 3 aromatic rings. The number of carbonyl (C=O) groups is 1. The van der Waals surface area contributed by atoms with Crippen LogP contribution in [0.15, 0.2) is 36.4 Å². The Bertz CT molecular complexity index is 1020. The lowest BCUT2D eigenvalue weighted by atomic mass is 9.87. The molecule has 5 rings (SSSR count). The summed E-state index contributed by atoms with van der Waals surface area (Å²) in [4.78, 5) is 14.2. The molecule has 2 aromatic heterocycles. The van der Waals surface area contributed by atoms with Crippen molar-refractivity contribution in [3.63, 3.8) is 0 Å². The van der Waals surface area contributed by atoms with Gasteiger partial charge in [-0.15, -0.1) is 15.3 Å². The molecular formula is C19H19FN6O. The van der Waals surface area contributed by atoms with E-state index in [1.807, 2.05) is 12.1 Å². The molecule has 1 aliphatic heterocycles. The molecule has 3 heterocycles. The number of anilines is 1. The second-order valence-electron chi connectivity index (χ2n) is 7.12. The molecule has 1 saturated heterocycles. The standard InChI is InChI=1S/C19H19FN6O/c20-13-6-2-1-5-12(13)19-23-22-16-9-10-17(24-26(16)19)25-11-18(27)21-14-7-3-4-8-15(14)25/h1-2,5-6,9-10,14-15H,3-4,7-8,11H2,(H,21,27). The molecule has 2 fully saturated rings. The first-order chi connectivity index (χ1) is 13.2. The molecular weight excluding hydrogens is 347 g/mol. The number of piperazine rings is 1. The van der Waals surface area contributed by atoms with Crippen molar-refractivity contribution in [3.05, 3.63) is 42.2 Å². The first-order valence-corrected chi connectivity index (χ1v) is 9.24. The molecule has 1 N–H and O–H groups in total. The fourth-order valence-corrected chi connectivity index (χ4v) is 4.17. The summed E-state index contributed by atoms with van der Waals surface area (Å²) in [6, 6.07) is 10.5. The zero-order chi connectivity index (χ0) is 18.4. The Balaban J connectivity index is 1.59. The summed E-state index contributed by atoms with van der Waals surface area (Å²) in [5.41, 5.74) is 0.889. The van der Waals surface area contributed by atoms with Gasteiger partial charge < -0.3 is 10.2 Å². The van der Waals surface area contributed by atoms with E-state index in [4.69, 9.17) is 0 Å². The lowest BCUT2D eigenvalue weighted by Crippen LogP contribution is -2.62. The number of nitrogens with one attached hydrogen (secondary N) is 1. The van der Waals surface area contributed by atoms with E-state index >= 15 is 0 Å². The van der Waals surface area contributed by atoms with Crippen LogP contribution in [0.1, 0.15) is 25.7 Å². The lowest BCUT2D eigenvalue weighted by molar-refractivity contribution is -0.122. The van der Waals surface area contributed by atoms with E-state index in [1.165, 1.54) is 6.07 Å². The Hall–Kier alpha value is -3.03. The molecule has 0 radical (unpaired) electrons. The van der Waals surface area contributed by atoms with E-state index in [0.717, 1.165) is 25.7 Å². The van der Waals surface area contributed by atoms with Gasteiger partial charge in [-0.3, -0.25) is 4.79 Å². The second-order valence-corrected chi connectivity index (χ2v) is 7.12. The monoisotopic (exact) mass is 366 g/mol. The van der Waals surface area contributed by atoms with Crippen LogP contribution in [0.2, 0.25) is 0 Å². The maximum atomic E-state index is 14.2. The topological polar surface area (TPSA) is 75.4 Å². The van der Waals surface area contributed by atoms with Gasteiger partial charge in [0.1, 0.15) is 5.82 Å². The predicted octanol–water partition coefficient (Wildman–Crippen LogP) is 2.18. The average molecular weight is 366 g/mol. The van der Waals surface area contributed by atoms with Gasteiger partial charge in [-0.1, -0.05) is 25.0 Å². The minimum absolute atomic E-state index is 0.0122. The van der Waals surface area contributed by atoms with Crippen molar-refractivity contribution in [2.24, 2.45) is 0 Å². The molecule has 0 bridgehead atoms. The van der Waals surface area contributed by atoms with E-state index in [9.17, 15) is 9.18 Å². The Morgan fingerprint density at radius 1 is 1.07 bits per heavy atom. The van der Waals surface area contributed by atoms with Crippen LogP contribution in [0.25, 0.3) is 17.0 Å². The van der Waals surface area contributed by atoms with Crippen molar-refractivity contribution in [1.29, 1.82) is 0 Å². The number of halogens is 1. The molecule has 1 aromatic carbocycles. The summed E-state index contributed by atoms with van der Waals surface area (Å²) in [5.74, 6) is 0.681. The Morgan fingerprint density at radius 2 is 1.93 bits per heavy atom. The number of aromatic nitrogens is 4. The number of hydrogen-bond donors (Lipinski definition) is 1. The number of fused-ring (bicyclic) bond motifs is 2. The highest BCUT2D eigenvalue weighted by molar-refractivity contribution is 5.83. The second kappa shape index (κ2) is 6.29. The highest BCUT2D eigenvalue weighted by Gasteiger charge is 2.37. The minimum atomic E-state index is -0.372. The van der Waals surface area contributed by atoms with Gasteiger partial charge >= 0.3 is 0 Å². The van der Waals surface area contributed by atoms with Gasteiger partial charge in [0.25, 0.3) is 0 Å². The molecule has 1 amide bonds. The molecule has 138 valence electrons. The number of nitrogens with zero attached hydrogens (tertiary/aromatic N) is 5. The number of amides is 1. The Morgan fingerprint density at radius 3 is 2.81 bits per heavy atom. The van der Waals surface area contributed by atoms with Crippen molar-refractivity contribution in [1.82, 2.24) is 25.1 Å². The third kappa shape index (κ3) is 2.72. The SMILES string of the molecule is O=C1CN(c2ccc3nnc(-c4ccccc4F)n3n2)C2CCCCC2N1. The van der Waals surface area contributed by atoms with Crippen LogP contribution in [0.4, 0.5) is 10.2 Å². The zero-order valence-corrected chi connectivity index (χ0v) is 14.7. The molecule has 1 aliphatic carbocycles. The van der Waals surface area contributed by atoms with E-state index < -0.39 is 0 Å². The smallest absolute Gasteiger partial charge is 0.239 e. The number of rotatable bonds is 2. The summed E-state index contributed by atoms with van der Waals surface area (Å²) in [6.45, 7) is 0.275. The van der Waals surface area contributed by atoms with Gasteiger partial charge in [-0.05, 0) is 37.1 Å². The summed E-state index contributed by atoms with van der Waals surface area (Å²) >= 11 is 0. The predicted molar refractivity (Wildman–Crippen MR) is 97.7 cm³/mol. The van der Waals surface area contributed by atoms with E-state index in [2.05, 4.69) is 25.5 Å². The maximum Gasteiger partial charge on any atom is 0.239 e. The normalized spacial score (nSPS) is 22.6. The number of hydrogen-bond acceptors (Lipinski definition) is 5. The van der Waals surface area contributed by atoms with Crippen molar-refractivity contribution in [2.75, 3.05) is 11.4 Å². The first-order valence-electron chi connectivity index (χ1n) is 9.24. The summed E-state index contributed by atoms with van der Waals surface area (Å²) in [6.07, 6.45) is 4.28. The van der Waals surface area contributed by atoms with Crippen LogP contribution >= 0.6 is 0 Å². The van der Waals surface area contributed by atoms with Crippen LogP contribution in [-0.4, -0.2) is 44.3 Å². The quantitative estimate of drug-likeness (QED) is 0.752. The number of carbonyl (C=O) groups excluding carboxylic acids is 1. The van der Waals surface area contributed by atoms with Crippen molar-refractivity contribution >= 4 is 17.4 Å². The van der Waals surface area contributed by atoms with Crippen molar-refractivity contribution in [3.8, 4) is 11.4 Å². The van der Waals surface area contributed by atoms with Gasteiger partial charge in [-0.2, -0.15) is 4.52 Å². The van der Waals surface area contributed by atoms with Crippen LogP contribution in [-0.2, 0) is 4.79 Å². The van der Waals surface area contributed by atoms with Crippen molar-refractivity contribution in [2.45, 2.75) is 37.8 Å². The summed E-state index contributed by atoms with van der Waals surface area (Å²) in [7, 11) is 0. The fraction of sp³-hybridized carbons (Fsp3) is 0.368. The molecule has 7 nitrogen and oxygen atoms in total. The molecule has 1 saturated carbocycles. The maximum absolute atomic E-state index is 14.2. The van der Waals surface area contributed by atoms with E-state index in [0.29, 0.717) is 22.9 Å². The average Bonchev–Trinajstić information content (AvgIpc) is 3.10. The zero-order valence-electron chi connectivity index (χ0n) is 14.7. The van der Waals surface area contributed by atoms with Gasteiger partial charge in [-0.25, -0.2) is 4.39 Å².